The number of rotatable bonds is 14. The highest BCUT2D eigenvalue weighted by molar-refractivity contribution is 5.95. The first-order valence-corrected chi connectivity index (χ1v) is 12.5. The maximum atomic E-state index is 12.7. The largest absolute Gasteiger partial charge is 0.507 e. The molecule has 174 valence electrons. The van der Waals surface area contributed by atoms with Gasteiger partial charge in [-0.15, -0.1) is 0 Å². The van der Waals surface area contributed by atoms with Gasteiger partial charge in [-0.25, -0.2) is 0 Å². The Hall–Kier alpha value is -2.49. The van der Waals surface area contributed by atoms with Crippen LogP contribution in [0, 0.1) is 0 Å². The molecule has 0 saturated carbocycles. The number of hydrogen-bond acceptors (Lipinski definition) is 4. The summed E-state index contributed by atoms with van der Waals surface area (Å²) in [4.78, 5) is 12.7. The van der Waals surface area contributed by atoms with Crippen molar-refractivity contribution >= 4 is 21.9 Å². The second kappa shape index (κ2) is 12.5. The number of unbranched alkanes of at least 4 members (excludes halogenated alkanes) is 12. The quantitative estimate of drug-likeness (QED) is 0.198. The lowest BCUT2D eigenvalue weighted by molar-refractivity contribution is 0.477. The van der Waals surface area contributed by atoms with Gasteiger partial charge in [-0.1, -0.05) is 90.0 Å². The van der Waals surface area contributed by atoms with Crippen molar-refractivity contribution in [2.45, 2.75) is 96.8 Å². The Morgan fingerprint density at radius 1 is 0.688 bits per heavy atom. The molecular weight excluding hydrogens is 400 g/mol. The molecule has 0 bridgehead atoms. The Kier molecular flexibility index (Phi) is 9.45. The molecule has 0 aliphatic carbocycles. The summed E-state index contributed by atoms with van der Waals surface area (Å²) in [6.07, 6.45) is 18.0. The highest BCUT2D eigenvalue weighted by Gasteiger charge is 2.15. The summed E-state index contributed by atoms with van der Waals surface area (Å²) in [7, 11) is 0. The minimum absolute atomic E-state index is 0.0777. The van der Waals surface area contributed by atoms with Crippen molar-refractivity contribution in [1.82, 2.24) is 0 Å². The van der Waals surface area contributed by atoms with Crippen LogP contribution in [0.1, 0.15) is 96.0 Å². The summed E-state index contributed by atoms with van der Waals surface area (Å²) in [5.41, 5.74) is 1.28. The second-order valence-corrected chi connectivity index (χ2v) is 9.06. The third-order valence-electron chi connectivity index (χ3n) is 6.39. The van der Waals surface area contributed by atoms with Crippen molar-refractivity contribution in [2.75, 3.05) is 0 Å². The fourth-order valence-corrected chi connectivity index (χ4v) is 4.53. The van der Waals surface area contributed by atoms with Crippen LogP contribution in [0.25, 0.3) is 21.9 Å². The Morgan fingerprint density at radius 3 is 1.88 bits per heavy atom. The van der Waals surface area contributed by atoms with E-state index in [0.29, 0.717) is 11.2 Å². The number of benzene rings is 2. The first kappa shape index (κ1) is 24.2. The molecule has 0 spiro atoms. The van der Waals surface area contributed by atoms with Crippen LogP contribution in [-0.2, 0) is 6.42 Å². The molecule has 0 saturated heterocycles. The number of aryl methyl sites for hydroxylation is 1. The van der Waals surface area contributed by atoms with Crippen LogP contribution in [-0.4, -0.2) is 10.2 Å². The second-order valence-electron chi connectivity index (χ2n) is 9.06. The van der Waals surface area contributed by atoms with Gasteiger partial charge in [0, 0.05) is 0 Å². The summed E-state index contributed by atoms with van der Waals surface area (Å²) in [5, 5.41) is 20.7. The third kappa shape index (κ3) is 6.51. The van der Waals surface area contributed by atoms with Crippen LogP contribution in [0.2, 0.25) is 0 Å². The van der Waals surface area contributed by atoms with E-state index in [-0.39, 0.29) is 22.3 Å². The summed E-state index contributed by atoms with van der Waals surface area (Å²) in [6, 6.07) is 8.26. The molecule has 3 rings (SSSR count). The zero-order valence-corrected chi connectivity index (χ0v) is 19.5. The molecule has 2 N–H and O–H groups in total. The fourth-order valence-electron chi connectivity index (χ4n) is 4.53. The van der Waals surface area contributed by atoms with E-state index >= 15 is 0 Å². The van der Waals surface area contributed by atoms with Crippen molar-refractivity contribution in [3.05, 3.63) is 46.1 Å². The number of phenolic OH excluding ortho intramolecular Hbond substituents is 2. The van der Waals surface area contributed by atoms with Gasteiger partial charge in [0.15, 0.2) is 0 Å². The lowest BCUT2D eigenvalue weighted by Gasteiger charge is -2.08. The maximum Gasteiger partial charge on any atom is 0.208 e. The van der Waals surface area contributed by atoms with Crippen LogP contribution in [0.5, 0.6) is 11.5 Å². The predicted molar refractivity (Wildman–Crippen MR) is 133 cm³/mol. The van der Waals surface area contributed by atoms with Gasteiger partial charge in [0.1, 0.15) is 33.4 Å². The molecular formula is C28H38O4. The zero-order chi connectivity index (χ0) is 22.8. The van der Waals surface area contributed by atoms with Crippen LogP contribution in [0.4, 0.5) is 0 Å². The molecule has 1 aromatic heterocycles. The fraction of sp³-hybridized carbons (Fsp3) is 0.536. The van der Waals surface area contributed by atoms with E-state index in [1.54, 1.807) is 18.2 Å². The molecule has 0 radical (unpaired) electrons. The van der Waals surface area contributed by atoms with E-state index in [9.17, 15) is 15.0 Å². The minimum Gasteiger partial charge on any atom is -0.507 e. The van der Waals surface area contributed by atoms with Gasteiger partial charge in [-0.05, 0) is 42.7 Å². The monoisotopic (exact) mass is 438 g/mol. The Balaban J connectivity index is 1.41. The highest BCUT2D eigenvalue weighted by atomic mass is 16.3. The van der Waals surface area contributed by atoms with Gasteiger partial charge in [-0.2, -0.15) is 0 Å². The van der Waals surface area contributed by atoms with Crippen molar-refractivity contribution < 1.29 is 14.6 Å². The predicted octanol–water partition coefficient (Wildman–Crippen LogP) is 7.99. The van der Waals surface area contributed by atoms with Gasteiger partial charge in [0.05, 0.1) is 0 Å². The lowest BCUT2D eigenvalue weighted by Crippen LogP contribution is -2.03. The molecule has 4 nitrogen and oxygen atoms in total. The van der Waals surface area contributed by atoms with E-state index < -0.39 is 5.43 Å². The normalized spacial score (nSPS) is 11.5. The summed E-state index contributed by atoms with van der Waals surface area (Å²) in [6.45, 7) is 2.26. The molecule has 4 heteroatoms. The number of fused-ring (bicyclic) bond motifs is 2. The Morgan fingerprint density at radius 2 is 1.25 bits per heavy atom. The molecule has 0 amide bonds. The van der Waals surface area contributed by atoms with Gasteiger partial charge in [0.25, 0.3) is 0 Å². The SMILES string of the molecule is CCCCCCCCCCCCCCCc1cc(O)c2c(=O)c3c(O)cccc3oc2c1. The van der Waals surface area contributed by atoms with Gasteiger partial charge in [-0.3, -0.25) is 4.79 Å². The zero-order valence-electron chi connectivity index (χ0n) is 19.5. The average Bonchev–Trinajstić information content (AvgIpc) is 2.76. The molecule has 0 unspecified atom stereocenters. The standard InChI is InChI=1S/C28H38O4/c1-2-3-4-5-6-7-8-9-10-11-12-13-14-16-21-19-23(30)27-25(20-21)32-24-18-15-17-22(29)26(24)28(27)31/h15,17-20,29-30H,2-14,16H2,1H3. The molecule has 0 atom stereocenters. The molecule has 32 heavy (non-hydrogen) atoms. The molecule has 2 aromatic carbocycles. The first-order valence-electron chi connectivity index (χ1n) is 12.5. The molecule has 0 fully saturated rings. The summed E-state index contributed by atoms with van der Waals surface area (Å²) < 4.78 is 5.83. The van der Waals surface area contributed by atoms with Crippen molar-refractivity contribution in [3.8, 4) is 11.5 Å². The Labute approximate surface area is 191 Å². The Bertz CT molecular complexity index is 1050. The van der Waals surface area contributed by atoms with Crippen LogP contribution >= 0.6 is 0 Å². The van der Waals surface area contributed by atoms with E-state index in [0.717, 1.165) is 18.4 Å². The van der Waals surface area contributed by atoms with E-state index in [4.69, 9.17) is 4.42 Å². The topological polar surface area (TPSA) is 70.7 Å². The summed E-state index contributed by atoms with van der Waals surface area (Å²) in [5.74, 6) is -0.209. The van der Waals surface area contributed by atoms with Gasteiger partial charge in [0.2, 0.25) is 5.43 Å². The van der Waals surface area contributed by atoms with Crippen LogP contribution in [0.15, 0.2) is 39.5 Å². The minimum atomic E-state index is -0.399. The van der Waals surface area contributed by atoms with Gasteiger partial charge >= 0.3 is 0 Å². The number of aromatic hydroxyl groups is 2. The smallest absolute Gasteiger partial charge is 0.208 e. The maximum absolute atomic E-state index is 12.7. The van der Waals surface area contributed by atoms with E-state index in [1.807, 2.05) is 6.07 Å². The van der Waals surface area contributed by atoms with E-state index in [1.165, 1.54) is 83.1 Å². The molecule has 3 aromatic rings. The first-order chi connectivity index (χ1) is 15.6. The van der Waals surface area contributed by atoms with Gasteiger partial charge < -0.3 is 14.6 Å². The van der Waals surface area contributed by atoms with E-state index in [2.05, 4.69) is 6.92 Å². The molecule has 1 heterocycles. The number of phenols is 2. The number of hydrogen-bond donors (Lipinski definition) is 2. The highest BCUT2D eigenvalue weighted by Crippen LogP contribution is 2.30. The lowest BCUT2D eigenvalue weighted by atomic mass is 10.0. The van der Waals surface area contributed by atoms with Crippen molar-refractivity contribution in [2.24, 2.45) is 0 Å². The average molecular weight is 439 g/mol. The molecule has 0 aliphatic rings. The van der Waals surface area contributed by atoms with Crippen molar-refractivity contribution in [1.29, 1.82) is 0 Å². The third-order valence-corrected chi connectivity index (χ3v) is 6.39. The molecule has 0 aliphatic heterocycles. The van der Waals surface area contributed by atoms with Crippen LogP contribution < -0.4 is 5.43 Å². The summed E-state index contributed by atoms with van der Waals surface area (Å²) >= 11 is 0. The van der Waals surface area contributed by atoms with Crippen LogP contribution in [0.3, 0.4) is 0 Å². The van der Waals surface area contributed by atoms with Crippen molar-refractivity contribution in [3.63, 3.8) is 0 Å².